The highest BCUT2D eigenvalue weighted by Gasteiger charge is 2.28. The van der Waals surface area contributed by atoms with E-state index in [9.17, 15) is 9.59 Å². The second-order valence-electron chi connectivity index (χ2n) is 2.38. The van der Waals surface area contributed by atoms with Gasteiger partial charge in [0.05, 0.1) is 0 Å². The van der Waals surface area contributed by atoms with Gasteiger partial charge >= 0.3 is 0 Å². The van der Waals surface area contributed by atoms with Crippen LogP contribution >= 0.6 is 0 Å². The van der Waals surface area contributed by atoms with Gasteiger partial charge in [-0.05, 0) is 14.0 Å². The van der Waals surface area contributed by atoms with Crippen LogP contribution in [-0.4, -0.2) is 31.4 Å². The fraction of sp³-hybridized carbons (Fsp3) is 0.667. The fourth-order valence-electron chi connectivity index (χ4n) is 0.521. The van der Waals surface area contributed by atoms with Crippen molar-refractivity contribution in [1.29, 1.82) is 0 Å². The fourth-order valence-corrected chi connectivity index (χ4v) is 0.521. The standard InChI is InChI=1S/C6H13N3O2/c1-6(3-7,8-2)5(11)9-4-10/h4,8H,3,7H2,1-2H3,(H,9,10,11). The van der Waals surface area contributed by atoms with Crippen molar-refractivity contribution in [3.8, 4) is 0 Å². The molecule has 0 aliphatic carbocycles. The number of nitrogens with one attached hydrogen (secondary N) is 2. The van der Waals surface area contributed by atoms with Crippen molar-refractivity contribution in [2.45, 2.75) is 12.5 Å². The van der Waals surface area contributed by atoms with Crippen molar-refractivity contribution in [3.05, 3.63) is 0 Å². The van der Waals surface area contributed by atoms with Crippen LogP contribution in [-0.2, 0) is 9.59 Å². The summed E-state index contributed by atoms with van der Waals surface area (Å²) in [6.07, 6.45) is 0.341. The zero-order valence-electron chi connectivity index (χ0n) is 6.68. The summed E-state index contributed by atoms with van der Waals surface area (Å²) < 4.78 is 0. The molecule has 2 amide bonds. The van der Waals surface area contributed by atoms with Crippen LogP contribution in [0.1, 0.15) is 6.92 Å². The number of hydrogen-bond donors (Lipinski definition) is 3. The summed E-state index contributed by atoms with van der Waals surface area (Å²) in [6, 6.07) is 0. The summed E-state index contributed by atoms with van der Waals surface area (Å²) in [5.41, 5.74) is 4.45. The van der Waals surface area contributed by atoms with Crippen LogP contribution in [0.25, 0.3) is 0 Å². The lowest BCUT2D eigenvalue weighted by molar-refractivity contribution is -0.129. The van der Waals surface area contributed by atoms with Gasteiger partial charge in [0, 0.05) is 6.54 Å². The highest BCUT2D eigenvalue weighted by Crippen LogP contribution is 1.98. The summed E-state index contributed by atoms with van der Waals surface area (Å²) in [7, 11) is 1.61. The molecule has 0 aromatic rings. The number of rotatable bonds is 4. The highest BCUT2D eigenvalue weighted by atomic mass is 16.2. The topological polar surface area (TPSA) is 84.2 Å². The molecule has 0 heterocycles. The molecule has 0 saturated heterocycles. The van der Waals surface area contributed by atoms with E-state index in [-0.39, 0.29) is 6.54 Å². The maximum Gasteiger partial charge on any atom is 0.247 e. The SMILES string of the molecule is CNC(C)(CN)C(=O)NC=O. The van der Waals surface area contributed by atoms with Gasteiger partial charge < -0.3 is 11.1 Å². The molecular weight excluding hydrogens is 146 g/mol. The Morgan fingerprint density at radius 1 is 1.73 bits per heavy atom. The highest BCUT2D eigenvalue weighted by molar-refractivity contribution is 5.93. The molecule has 0 spiro atoms. The lowest BCUT2D eigenvalue weighted by Crippen LogP contribution is -2.57. The van der Waals surface area contributed by atoms with E-state index in [2.05, 4.69) is 5.32 Å². The molecular formula is C6H13N3O2. The quantitative estimate of drug-likeness (QED) is 0.422. The number of imide groups is 1. The van der Waals surface area contributed by atoms with Gasteiger partial charge in [-0.15, -0.1) is 0 Å². The molecule has 1 atom stereocenters. The Bertz CT molecular complexity index is 154. The molecule has 64 valence electrons. The number of amides is 2. The van der Waals surface area contributed by atoms with Gasteiger partial charge in [0.15, 0.2) is 0 Å². The average Bonchev–Trinajstić information content (AvgIpc) is 2.03. The van der Waals surface area contributed by atoms with Gasteiger partial charge in [-0.3, -0.25) is 14.9 Å². The van der Waals surface area contributed by atoms with Crippen molar-refractivity contribution >= 4 is 12.3 Å². The van der Waals surface area contributed by atoms with Crippen LogP contribution in [0, 0.1) is 0 Å². The minimum Gasteiger partial charge on any atom is -0.328 e. The maximum atomic E-state index is 11.0. The molecule has 0 bridgehead atoms. The minimum atomic E-state index is -0.860. The zero-order valence-corrected chi connectivity index (χ0v) is 6.68. The van der Waals surface area contributed by atoms with Crippen LogP contribution in [0.4, 0.5) is 0 Å². The first-order valence-electron chi connectivity index (χ1n) is 3.24. The number of hydrogen-bond acceptors (Lipinski definition) is 4. The molecule has 0 aliphatic heterocycles. The number of carbonyl (C=O) groups excluding carboxylic acids is 2. The lowest BCUT2D eigenvalue weighted by Gasteiger charge is -2.24. The molecule has 5 nitrogen and oxygen atoms in total. The Labute approximate surface area is 65.3 Å². The first-order valence-corrected chi connectivity index (χ1v) is 3.24. The summed E-state index contributed by atoms with van der Waals surface area (Å²) in [5.74, 6) is -0.419. The van der Waals surface area contributed by atoms with Gasteiger partial charge in [-0.1, -0.05) is 0 Å². The van der Waals surface area contributed by atoms with Gasteiger partial charge in [0.1, 0.15) is 5.54 Å². The molecule has 0 rings (SSSR count). The molecule has 0 aromatic heterocycles. The van der Waals surface area contributed by atoms with E-state index in [1.165, 1.54) is 0 Å². The second-order valence-corrected chi connectivity index (χ2v) is 2.38. The van der Waals surface area contributed by atoms with Crippen molar-refractivity contribution in [1.82, 2.24) is 10.6 Å². The molecule has 0 radical (unpaired) electrons. The van der Waals surface area contributed by atoms with E-state index in [1.54, 1.807) is 14.0 Å². The lowest BCUT2D eigenvalue weighted by atomic mass is 10.0. The first kappa shape index (κ1) is 10.1. The van der Waals surface area contributed by atoms with Crippen LogP contribution in [0.3, 0.4) is 0 Å². The van der Waals surface area contributed by atoms with E-state index >= 15 is 0 Å². The summed E-state index contributed by atoms with van der Waals surface area (Å²) in [5, 5.41) is 4.74. The van der Waals surface area contributed by atoms with Crippen LogP contribution < -0.4 is 16.4 Å². The minimum absolute atomic E-state index is 0.142. The van der Waals surface area contributed by atoms with Crippen LogP contribution in [0.15, 0.2) is 0 Å². The molecule has 0 aliphatic rings. The van der Waals surface area contributed by atoms with E-state index < -0.39 is 11.4 Å². The molecule has 4 N–H and O–H groups in total. The van der Waals surface area contributed by atoms with Gasteiger partial charge in [-0.2, -0.15) is 0 Å². The normalized spacial score (nSPS) is 15.2. The predicted octanol–water partition coefficient (Wildman–Crippen LogP) is -1.80. The van der Waals surface area contributed by atoms with Crippen molar-refractivity contribution in [2.24, 2.45) is 5.73 Å². The molecule has 0 aromatic carbocycles. The maximum absolute atomic E-state index is 11.0. The van der Waals surface area contributed by atoms with Crippen molar-refractivity contribution < 1.29 is 9.59 Å². The van der Waals surface area contributed by atoms with E-state index in [0.717, 1.165) is 0 Å². The summed E-state index contributed by atoms with van der Waals surface area (Å²) in [4.78, 5) is 20.9. The Morgan fingerprint density at radius 2 is 2.27 bits per heavy atom. The number of carbonyl (C=O) groups is 2. The first-order chi connectivity index (χ1) is 5.10. The number of nitrogens with two attached hydrogens (primary N) is 1. The monoisotopic (exact) mass is 159 g/mol. The molecule has 5 heteroatoms. The van der Waals surface area contributed by atoms with E-state index in [0.29, 0.717) is 6.41 Å². The zero-order chi connectivity index (χ0) is 8.91. The predicted molar refractivity (Wildman–Crippen MR) is 40.7 cm³/mol. The Morgan fingerprint density at radius 3 is 2.55 bits per heavy atom. The van der Waals surface area contributed by atoms with Crippen molar-refractivity contribution in [3.63, 3.8) is 0 Å². The van der Waals surface area contributed by atoms with Gasteiger partial charge in [-0.25, -0.2) is 0 Å². The van der Waals surface area contributed by atoms with Crippen LogP contribution in [0.2, 0.25) is 0 Å². The van der Waals surface area contributed by atoms with Crippen molar-refractivity contribution in [2.75, 3.05) is 13.6 Å². The molecule has 0 fully saturated rings. The molecule has 11 heavy (non-hydrogen) atoms. The second kappa shape index (κ2) is 4.05. The van der Waals surface area contributed by atoms with Crippen LogP contribution in [0.5, 0.6) is 0 Å². The van der Waals surface area contributed by atoms with Gasteiger partial charge in [0.25, 0.3) is 0 Å². The molecule has 0 saturated carbocycles. The Balaban J connectivity index is 4.23. The third-order valence-electron chi connectivity index (χ3n) is 1.65. The van der Waals surface area contributed by atoms with E-state index in [4.69, 9.17) is 5.73 Å². The smallest absolute Gasteiger partial charge is 0.247 e. The third-order valence-corrected chi connectivity index (χ3v) is 1.65. The third kappa shape index (κ3) is 2.28. The summed E-state index contributed by atoms with van der Waals surface area (Å²) in [6.45, 7) is 1.76. The largest absolute Gasteiger partial charge is 0.328 e. The van der Waals surface area contributed by atoms with Gasteiger partial charge in [0.2, 0.25) is 12.3 Å². The number of likely N-dealkylation sites (N-methyl/N-ethyl adjacent to an activating group) is 1. The Kier molecular flexibility index (Phi) is 3.70. The summed E-state index contributed by atoms with van der Waals surface area (Å²) >= 11 is 0. The Hall–Kier alpha value is -0.940. The van der Waals surface area contributed by atoms with E-state index in [1.807, 2.05) is 5.32 Å². The molecule has 1 unspecified atom stereocenters. The average molecular weight is 159 g/mol.